The van der Waals surface area contributed by atoms with Gasteiger partial charge in [-0.05, 0) is 20.8 Å². The number of aryl methyl sites for hydroxylation is 1. The summed E-state index contributed by atoms with van der Waals surface area (Å²) in [6.07, 6.45) is 2.01. The highest BCUT2D eigenvalue weighted by atomic mass is 15.4. The molecule has 2 rings (SSSR count). The van der Waals surface area contributed by atoms with Crippen LogP contribution in [0.1, 0.15) is 20.8 Å². The van der Waals surface area contributed by atoms with E-state index >= 15 is 0 Å². The fourth-order valence-corrected chi connectivity index (χ4v) is 2.35. The van der Waals surface area contributed by atoms with Gasteiger partial charge in [0.25, 0.3) is 0 Å². The topological polar surface area (TPSA) is 24.3 Å². The zero-order valence-corrected chi connectivity index (χ0v) is 10.7. The molecule has 0 bridgehead atoms. The molecule has 0 aliphatic carbocycles. The van der Waals surface area contributed by atoms with Gasteiger partial charge < -0.3 is 4.90 Å². The van der Waals surface area contributed by atoms with Gasteiger partial charge in [0.1, 0.15) is 0 Å². The minimum absolute atomic E-state index is 0.547. The van der Waals surface area contributed by atoms with Gasteiger partial charge in [-0.3, -0.25) is 9.58 Å². The molecule has 2 heterocycles. The SMILES string of the molecule is CC(C)N1CCN(c2ccn(C)n2)C(C)C1. The van der Waals surface area contributed by atoms with Crippen LogP contribution in [0.5, 0.6) is 0 Å². The molecule has 1 saturated heterocycles. The molecule has 1 fully saturated rings. The van der Waals surface area contributed by atoms with E-state index in [1.807, 2.05) is 17.9 Å². The summed E-state index contributed by atoms with van der Waals surface area (Å²) < 4.78 is 1.87. The summed E-state index contributed by atoms with van der Waals surface area (Å²) in [4.78, 5) is 4.93. The first kappa shape index (κ1) is 11.5. The summed E-state index contributed by atoms with van der Waals surface area (Å²) in [5, 5.41) is 4.48. The number of rotatable bonds is 2. The lowest BCUT2D eigenvalue weighted by Gasteiger charge is -2.41. The third kappa shape index (κ3) is 2.21. The van der Waals surface area contributed by atoms with E-state index in [1.54, 1.807) is 0 Å². The quantitative estimate of drug-likeness (QED) is 0.754. The minimum atomic E-state index is 0.547. The molecule has 1 atom stereocenters. The third-order valence-corrected chi connectivity index (χ3v) is 3.38. The molecule has 90 valence electrons. The van der Waals surface area contributed by atoms with Crippen LogP contribution in [-0.4, -0.2) is 46.4 Å². The Balaban J connectivity index is 2.04. The van der Waals surface area contributed by atoms with Gasteiger partial charge in [-0.2, -0.15) is 5.10 Å². The molecule has 0 spiro atoms. The van der Waals surface area contributed by atoms with Crippen LogP contribution in [0.2, 0.25) is 0 Å². The van der Waals surface area contributed by atoms with E-state index < -0.39 is 0 Å². The van der Waals surface area contributed by atoms with Gasteiger partial charge in [-0.15, -0.1) is 0 Å². The van der Waals surface area contributed by atoms with Crippen LogP contribution in [0.15, 0.2) is 12.3 Å². The minimum Gasteiger partial charge on any atom is -0.350 e. The van der Waals surface area contributed by atoms with E-state index in [0.717, 1.165) is 25.5 Å². The molecule has 4 nitrogen and oxygen atoms in total. The standard InChI is InChI=1S/C12H22N4/c1-10(2)15-7-8-16(11(3)9-15)12-5-6-14(4)13-12/h5-6,10-11H,7-9H2,1-4H3. The summed E-state index contributed by atoms with van der Waals surface area (Å²) in [6.45, 7) is 10.2. The Hall–Kier alpha value is -1.03. The van der Waals surface area contributed by atoms with Crippen LogP contribution in [0.4, 0.5) is 5.82 Å². The Morgan fingerprint density at radius 1 is 1.38 bits per heavy atom. The maximum Gasteiger partial charge on any atom is 0.150 e. The largest absolute Gasteiger partial charge is 0.350 e. The monoisotopic (exact) mass is 222 g/mol. The molecule has 0 N–H and O–H groups in total. The van der Waals surface area contributed by atoms with Crippen LogP contribution in [-0.2, 0) is 7.05 Å². The summed E-state index contributed by atoms with van der Waals surface area (Å²) in [7, 11) is 1.97. The van der Waals surface area contributed by atoms with Crippen molar-refractivity contribution < 1.29 is 0 Å². The van der Waals surface area contributed by atoms with E-state index in [0.29, 0.717) is 12.1 Å². The predicted octanol–water partition coefficient (Wildman–Crippen LogP) is 1.34. The third-order valence-electron chi connectivity index (χ3n) is 3.38. The molecule has 1 aliphatic heterocycles. The fourth-order valence-electron chi connectivity index (χ4n) is 2.35. The summed E-state index contributed by atoms with van der Waals surface area (Å²) in [5.41, 5.74) is 0. The van der Waals surface area contributed by atoms with Gasteiger partial charge in [0.05, 0.1) is 0 Å². The highest BCUT2D eigenvalue weighted by molar-refractivity contribution is 5.39. The molecule has 1 aromatic rings. The van der Waals surface area contributed by atoms with Crippen molar-refractivity contribution in [2.24, 2.45) is 7.05 Å². The number of aromatic nitrogens is 2. The first-order chi connectivity index (χ1) is 7.58. The van der Waals surface area contributed by atoms with E-state index in [-0.39, 0.29) is 0 Å². The number of anilines is 1. The van der Waals surface area contributed by atoms with Crippen molar-refractivity contribution in [2.75, 3.05) is 24.5 Å². The average Bonchev–Trinajstić information content (AvgIpc) is 2.64. The van der Waals surface area contributed by atoms with Crippen LogP contribution in [0.25, 0.3) is 0 Å². The zero-order valence-electron chi connectivity index (χ0n) is 10.7. The molecule has 0 amide bonds. The molecule has 0 saturated carbocycles. The molecule has 0 aromatic carbocycles. The lowest BCUT2D eigenvalue weighted by molar-refractivity contribution is 0.185. The lowest BCUT2D eigenvalue weighted by Crippen LogP contribution is -2.54. The Morgan fingerprint density at radius 3 is 2.62 bits per heavy atom. The Bertz CT molecular complexity index is 345. The second-order valence-corrected chi connectivity index (χ2v) is 4.98. The highest BCUT2D eigenvalue weighted by Crippen LogP contribution is 2.19. The molecule has 1 aromatic heterocycles. The summed E-state index contributed by atoms with van der Waals surface area (Å²) >= 11 is 0. The molecule has 1 unspecified atom stereocenters. The number of nitrogens with zero attached hydrogens (tertiary/aromatic N) is 4. The second-order valence-electron chi connectivity index (χ2n) is 4.98. The Kier molecular flexibility index (Phi) is 3.19. The van der Waals surface area contributed by atoms with Gasteiger partial charge >= 0.3 is 0 Å². The maximum absolute atomic E-state index is 4.48. The lowest BCUT2D eigenvalue weighted by atomic mass is 10.1. The van der Waals surface area contributed by atoms with Gasteiger partial charge in [-0.1, -0.05) is 0 Å². The first-order valence-electron chi connectivity index (χ1n) is 6.08. The van der Waals surface area contributed by atoms with Crippen molar-refractivity contribution in [3.8, 4) is 0 Å². The van der Waals surface area contributed by atoms with Gasteiger partial charge in [-0.25, -0.2) is 0 Å². The van der Waals surface area contributed by atoms with Crippen molar-refractivity contribution in [2.45, 2.75) is 32.9 Å². The van der Waals surface area contributed by atoms with Crippen LogP contribution >= 0.6 is 0 Å². The Morgan fingerprint density at radius 2 is 2.12 bits per heavy atom. The smallest absolute Gasteiger partial charge is 0.150 e. The normalized spacial score (nSPS) is 23.1. The maximum atomic E-state index is 4.48. The van der Waals surface area contributed by atoms with E-state index in [9.17, 15) is 0 Å². The second kappa shape index (κ2) is 4.45. The molecule has 1 aliphatic rings. The average molecular weight is 222 g/mol. The van der Waals surface area contributed by atoms with Gasteiger partial charge in [0.2, 0.25) is 0 Å². The van der Waals surface area contributed by atoms with Crippen molar-refractivity contribution in [1.82, 2.24) is 14.7 Å². The van der Waals surface area contributed by atoms with Crippen molar-refractivity contribution >= 4 is 5.82 Å². The molecule has 16 heavy (non-hydrogen) atoms. The Labute approximate surface area is 97.8 Å². The zero-order chi connectivity index (χ0) is 11.7. The van der Waals surface area contributed by atoms with Gasteiger partial charge in [0.15, 0.2) is 5.82 Å². The van der Waals surface area contributed by atoms with Gasteiger partial charge in [0, 0.05) is 51.0 Å². The van der Waals surface area contributed by atoms with Crippen LogP contribution < -0.4 is 4.90 Å². The van der Waals surface area contributed by atoms with E-state index in [2.05, 4.69) is 41.7 Å². The van der Waals surface area contributed by atoms with Crippen LogP contribution in [0, 0.1) is 0 Å². The fraction of sp³-hybridized carbons (Fsp3) is 0.750. The van der Waals surface area contributed by atoms with E-state index in [4.69, 9.17) is 0 Å². The first-order valence-corrected chi connectivity index (χ1v) is 6.08. The number of piperazine rings is 1. The molecule has 0 radical (unpaired) electrons. The number of hydrogen-bond acceptors (Lipinski definition) is 3. The summed E-state index contributed by atoms with van der Waals surface area (Å²) in [5.74, 6) is 1.11. The van der Waals surface area contributed by atoms with Crippen molar-refractivity contribution in [1.29, 1.82) is 0 Å². The highest BCUT2D eigenvalue weighted by Gasteiger charge is 2.26. The molecular formula is C12H22N4. The molecular weight excluding hydrogens is 200 g/mol. The van der Waals surface area contributed by atoms with Crippen LogP contribution in [0.3, 0.4) is 0 Å². The number of hydrogen-bond donors (Lipinski definition) is 0. The summed E-state index contributed by atoms with van der Waals surface area (Å²) in [6, 6.07) is 3.29. The molecule has 4 heteroatoms. The predicted molar refractivity (Wildman–Crippen MR) is 66.7 cm³/mol. The van der Waals surface area contributed by atoms with Crippen molar-refractivity contribution in [3.05, 3.63) is 12.3 Å². The van der Waals surface area contributed by atoms with Crippen molar-refractivity contribution in [3.63, 3.8) is 0 Å². The van der Waals surface area contributed by atoms with E-state index in [1.165, 1.54) is 0 Å².